The van der Waals surface area contributed by atoms with Crippen molar-refractivity contribution in [1.82, 2.24) is 9.55 Å². The summed E-state index contributed by atoms with van der Waals surface area (Å²) in [6, 6.07) is 7.98. The Morgan fingerprint density at radius 3 is 2.81 bits per heavy atom. The molecule has 0 saturated heterocycles. The van der Waals surface area contributed by atoms with Crippen LogP contribution in [0.25, 0.3) is 15.9 Å². The van der Waals surface area contributed by atoms with Gasteiger partial charge in [0.15, 0.2) is 5.16 Å². The monoisotopic (exact) mass is 386 g/mol. The predicted octanol–water partition coefficient (Wildman–Crippen LogP) is 4.57. The molecule has 136 valence electrons. The van der Waals surface area contributed by atoms with Crippen LogP contribution in [-0.4, -0.2) is 21.9 Å². The molecule has 0 amide bonds. The molecular weight excluding hydrogens is 364 g/mol. The molecule has 0 bridgehead atoms. The van der Waals surface area contributed by atoms with Crippen molar-refractivity contribution in [2.24, 2.45) is 5.92 Å². The number of fused-ring (bicyclic) bond motifs is 3. The predicted molar refractivity (Wildman–Crippen MR) is 109 cm³/mol. The van der Waals surface area contributed by atoms with E-state index in [9.17, 15) is 4.79 Å². The molecule has 2 aromatic heterocycles. The van der Waals surface area contributed by atoms with Crippen LogP contribution in [-0.2, 0) is 17.8 Å². The lowest BCUT2D eigenvalue weighted by Gasteiger charge is -2.26. The van der Waals surface area contributed by atoms with E-state index in [-0.39, 0.29) is 11.7 Å². The van der Waals surface area contributed by atoms with Gasteiger partial charge in [0.1, 0.15) is 4.83 Å². The highest BCUT2D eigenvalue weighted by molar-refractivity contribution is 7.98. The average molecular weight is 387 g/mol. The van der Waals surface area contributed by atoms with E-state index in [1.54, 1.807) is 15.9 Å². The summed E-state index contributed by atoms with van der Waals surface area (Å²) in [5.74, 6) is 0.426. The van der Waals surface area contributed by atoms with Crippen molar-refractivity contribution in [2.45, 2.75) is 45.1 Å². The number of thioether (sulfide) groups is 1. The first kappa shape index (κ1) is 17.8. The molecule has 6 heteroatoms. The van der Waals surface area contributed by atoms with Gasteiger partial charge in [-0.3, -0.25) is 9.36 Å². The topological polar surface area (TPSA) is 44.1 Å². The summed E-state index contributed by atoms with van der Waals surface area (Å²) in [7, 11) is 0. The largest absolute Gasteiger partial charge is 0.372 e. The van der Waals surface area contributed by atoms with E-state index in [1.807, 2.05) is 37.4 Å². The molecule has 0 fully saturated rings. The lowest BCUT2D eigenvalue weighted by Crippen LogP contribution is -2.28. The SMILES string of the molecule is CSc1nc2sc3c(c2c(=O)n1-c1ccccc1C)CC(C(C)C)OC3. The van der Waals surface area contributed by atoms with Gasteiger partial charge in [-0.05, 0) is 36.3 Å². The van der Waals surface area contributed by atoms with Crippen molar-refractivity contribution >= 4 is 33.3 Å². The number of nitrogens with zero attached hydrogens (tertiary/aromatic N) is 2. The maximum absolute atomic E-state index is 13.5. The summed E-state index contributed by atoms with van der Waals surface area (Å²) in [6.45, 7) is 6.94. The first-order chi connectivity index (χ1) is 12.5. The summed E-state index contributed by atoms with van der Waals surface area (Å²) in [6.07, 6.45) is 2.91. The maximum Gasteiger partial charge on any atom is 0.267 e. The van der Waals surface area contributed by atoms with E-state index in [1.165, 1.54) is 11.8 Å². The number of ether oxygens (including phenoxy) is 1. The molecule has 0 saturated carbocycles. The van der Waals surface area contributed by atoms with E-state index in [2.05, 4.69) is 13.8 Å². The van der Waals surface area contributed by atoms with Gasteiger partial charge in [0.05, 0.1) is 23.8 Å². The second-order valence-corrected chi connectivity index (χ2v) is 8.86. The van der Waals surface area contributed by atoms with E-state index in [0.717, 1.165) is 43.5 Å². The van der Waals surface area contributed by atoms with Crippen LogP contribution in [0.1, 0.15) is 29.9 Å². The molecule has 1 aliphatic heterocycles. The Kier molecular flexibility index (Phi) is 4.67. The van der Waals surface area contributed by atoms with Crippen molar-refractivity contribution in [3.8, 4) is 5.69 Å². The van der Waals surface area contributed by atoms with Crippen LogP contribution in [0.15, 0.2) is 34.2 Å². The minimum atomic E-state index is 0.0376. The molecule has 1 atom stereocenters. The van der Waals surface area contributed by atoms with Crippen molar-refractivity contribution in [1.29, 1.82) is 0 Å². The van der Waals surface area contributed by atoms with Gasteiger partial charge in [-0.25, -0.2) is 4.98 Å². The molecule has 1 aliphatic rings. The Balaban J connectivity index is 2.00. The van der Waals surface area contributed by atoms with Gasteiger partial charge in [0, 0.05) is 11.3 Å². The van der Waals surface area contributed by atoms with E-state index >= 15 is 0 Å². The molecule has 1 aromatic carbocycles. The molecule has 0 spiro atoms. The number of hydrogen-bond donors (Lipinski definition) is 0. The molecule has 1 unspecified atom stereocenters. The smallest absolute Gasteiger partial charge is 0.267 e. The van der Waals surface area contributed by atoms with Crippen LogP contribution < -0.4 is 5.56 Å². The van der Waals surface area contributed by atoms with Gasteiger partial charge in [0.25, 0.3) is 5.56 Å². The summed E-state index contributed by atoms with van der Waals surface area (Å²) >= 11 is 3.11. The first-order valence-corrected chi connectivity index (χ1v) is 10.8. The van der Waals surface area contributed by atoms with E-state index in [4.69, 9.17) is 9.72 Å². The number of rotatable bonds is 3. The fraction of sp³-hybridized carbons (Fsp3) is 0.400. The zero-order valence-electron chi connectivity index (χ0n) is 15.4. The lowest BCUT2D eigenvalue weighted by molar-refractivity contribution is 0.00200. The second kappa shape index (κ2) is 6.83. The van der Waals surface area contributed by atoms with Crippen LogP contribution in [0, 0.1) is 12.8 Å². The maximum atomic E-state index is 13.5. The second-order valence-electron chi connectivity index (χ2n) is 7.01. The van der Waals surface area contributed by atoms with Gasteiger partial charge in [-0.15, -0.1) is 11.3 Å². The van der Waals surface area contributed by atoms with Crippen LogP contribution in [0.3, 0.4) is 0 Å². The van der Waals surface area contributed by atoms with Crippen LogP contribution in [0.5, 0.6) is 0 Å². The first-order valence-electron chi connectivity index (χ1n) is 8.80. The van der Waals surface area contributed by atoms with Crippen molar-refractivity contribution < 1.29 is 4.74 Å². The highest BCUT2D eigenvalue weighted by Crippen LogP contribution is 2.36. The standard InChI is InChI=1S/C20H22N2O2S2/c1-11(2)15-9-13-16(10-24-15)26-18-17(13)19(23)22(20(21-18)25-4)14-8-6-5-7-12(14)3/h5-8,11,15H,9-10H2,1-4H3. The molecule has 4 rings (SSSR count). The number of aryl methyl sites for hydroxylation is 1. The van der Waals surface area contributed by atoms with Gasteiger partial charge >= 0.3 is 0 Å². The Labute approximate surface area is 161 Å². The average Bonchev–Trinajstić information content (AvgIpc) is 3.00. The Morgan fingerprint density at radius 1 is 1.35 bits per heavy atom. The fourth-order valence-corrected chi connectivity index (χ4v) is 5.22. The zero-order valence-corrected chi connectivity index (χ0v) is 17.0. The van der Waals surface area contributed by atoms with Crippen molar-refractivity contribution in [2.75, 3.05) is 6.26 Å². The van der Waals surface area contributed by atoms with Gasteiger partial charge in [-0.2, -0.15) is 0 Å². The van der Waals surface area contributed by atoms with Crippen molar-refractivity contribution in [3.05, 3.63) is 50.6 Å². The normalized spacial score (nSPS) is 17.0. The van der Waals surface area contributed by atoms with Crippen LogP contribution >= 0.6 is 23.1 Å². The molecule has 0 aliphatic carbocycles. The molecule has 0 N–H and O–H groups in total. The Hall–Kier alpha value is -1.63. The summed E-state index contributed by atoms with van der Waals surface area (Å²) in [5, 5.41) is 1.51. The summed E-state index contributed by atoms with van der Waals surface area (Å²) in [4.78, 5) is 20.4. The van der Waals surface area contributed by atoms with Crippen LogP contribution in [0.2, 0.25) is 0 Å². The number of aromatic nitrogens is 2. The minimum Gasteiger partial charge on any atom is -0.372 e. The molecule has 26 heavy (non-hydrogen) atoms. The third-order valence-corrected chi connectivity index (χ3v) is 6.73. The number of hydrogen-bond acceptors (Lipinski definition) is 5. The van der Waals surface area contributed by atoms with E-state index in [0.29, 0.717) is 12.5 Å². The lowest BCUT2D eigenvalue weighted by atomic mass is 9.96. The molecular formula is C20H22N2O2S2. The quantitative estimate of drug-likeness (QED) is 0.488. The van der Waals surface area contributed by atoms with Gasteiger partial charge < -0.3 is 4.74 Å². The molecule has 3 aromatic rings. The molecule has 4 nitrogen and oxygen atoms in total. The molecule has 0 radical (unpaired) electrons. The number of thiophene rings is 1. The Morgan fingerprint density at radius 2 is 2.12 bits per heavy atom. The Bertz CT molecular complexity index is 1040. The third kappa shape index (κ3) is 2.80. The highest BCUT2D eigenvalue weighted by atomic mass is 32.2. The third-order valence-electron chi connectivity index (χ3n) is 4.99. The van der Waals surface area contributed by atoms with Crippen LogP contribution in [0.4, 0.5) is 0 Å². The van der Waals surface area contributed by atoms with Gasteiger partial charge in [-0.1, -0.05) is 43.8 Å². The van der Waals surface area contributed by atoms with Gasteiger partial charge in [0.2, 0.25) is 0 Å². The van der Waals surface area contributed by atoms with E-state index < -0.39 is 0 Å². The minimum absolute atomic E-state index is 0.0376. The number of para-hydroxylation sites is 1. The number of benzene rings is 1. The summed E-state index contributed by atoms with van der Waals surface area (Å²) in [5.41, 5.74) is 3.15. The molecule has 3 heterocycles. The zero-order chi connectivity index (χ0) is 18.4. The summed E-state index contributed by atoms with van der Waals surface area (Å²) < 4.78 is 7.77. The van der Waals surface area contributed by atoms with Crippen molar-refractivity contribution in [3.63, 3.8) is 0 Å². The fourth-order valence-electron chi connectivity index (χ4n) is 3.50. The highest BCUT2D eigenvalue weighted by Gasteiger charge is 2.28.